The summed E-state index contributed by atoms with van der Waals surface area (Å²) in [6.07, 6.45) is 0.996. The van der Waals surface area contributed by atoms with Crippen LogP contribution in [0.15, 0.2) is 103 Å². The third-order valence-electron chi connectivity index (χ3n) is 8.83. The van der Waals surface area contributed by atoms with E-state index in [1.165, 1.54) is 6.07 Å². The molecule has 2 aliphatic heterocycles. The smallest absolute Gasteiger partial charge is 0.326 e. The van der Waals surface area contributed by atoms with Crippen LogP contribution in [-0.2, 0) is 49.7 Å². The van der Waals surface area contributed by atoms with E-state index in [1.807, 2.05) is 60.7 Å². The van der Waals surface area contributed by atoms with Crippen molar-refractivity contribution < 1.29 is 33.8 Å². The van der Waals surface area contributed by atoms with Crippen LogP contribution in [0.3, 0.4) is 0 Å². The zero-order valence-corrected chi connectivity index (χ0v) is 30.2. The van der Waals surface area contributed by atoms with Gasteiger partial charge in [-0.3, -0.25) is 19.2 Å². The number of carboxylic acid groups (broad SMARTS) is 1. The quantitative estimate of drug-likeness (QED) is 0.158. The molecule has 11 nitrogen and oxygen atoms in total. The maximum atomic E-state index is 14.2. The van der Waals surface area contributed by atoms with E-state index < -0.39 is 60.4 Å². The van der Waals surface area contributed by atoms with Crippen molar-refractivity contribution in [1.82, 2.24) is 21.3 Å². The van der Waals surface area contributed by atoms with Crippen LogP contribution in [0.1, 0.15) is 35.1 Å². The van der Waals surface area contributed by atoms with Gasteiger partial charge in [0.2, 0.25) is 17.7 Å². The minimum absolute atomic E-state index is 0.0575. The highest BCUT2D eigenvalue weighted by Gasteiger charge is 2.32. The van der Waals surface area contributed by atoms with E-state index in [0.29, 0.717) is 34.7 Å². The van der Waals surface area contributed by atoms with Gasteiger partial charge >= 0.3 is 5.97 Å². The van der Waals surface area contributed by atoms with Gasteiger partial charge in [-0.1, -0.05) is 102 Å². The van der Waals surface area contributed by atoms with Crippen molar-refractivity contribution in [2.45, 2.75) is 62.7 Å². The van der Waals surface area contributed by atoms with Crippen molar-refractivity contribution in [1.29, 1.82) is 0 Å². The molecule has 0 saturated carbocycles. The molecule has 6 rings (SSSR count). The van der Waals surface area contributed by atoms with Crippen LogP contribution in [0, 0.1) is 0 Å². The van der Waals surface area contributed by atoms with E-state index in [0.717, 1.165) is 11.1 Å². The topological polar surface area (TPSA) is 163 Å². The Morgan fingerprint density at radius 1 is 0.679 bits per heavy atom. The van der Waals surface area contributed by atoms with Crippen LogP contribution in [0.2, 0.25) is 10.0 Å². The molecule has 5 N–H and O–H groups in total. The first-order valence-corrected chi connectivity index (χ1v) is 18.0. The third-order valence-corrected chi connectivity index (χ3v) is 9.42. The average Bonchev–Trinajstić information content (AvgIpc) is 3.15. The lowest BCUT2D eigenvalue weighted by molar-refractivity contribution is -0.142. The molecule has 2 bridgehead atoms. The molecule has 4 aromatic carbocycles. The number of halogens is 2. The molecule has 276 valence electrons. The number of carbonyl (C=O) groups is 5. The number of rotatable bonds is 9. The number of hydrogen-bond acceptors (Lipinski definition) is 6. The predicted octanol–water partition coefficient (Wildman–Crippen LogP) is 4.46. The fourth-order valence-corrected chi connectivity index (χ4v) is 6.41. The highest BCUT2D eigenvalue weighted by atomic mass is 35.5. The van der Waals surface area contributed by atoms with E-state index in [1.54, 1.807) is 36.4 Å². The van der Waals surface area contributed by atoms with E-state index in [2.05, 4.69) is 21.3 Å². The van der Waals surface area contributed by atoms with Crippen molar-refractivity contribution in [3.05, 3.63) is 135 Å². The Morgan fingerprint density at radius 2 is 1.23 bits per heavy atom. The summed E-state index contributed by atoms with van der Waals surface area (Å²) < 4.78 is 5.67. The SMILES string of the molecule is O=C1COc2ccc(cc2)C[C@@H](C(=O)O)NC(=O)[C@@H](CCc2ccccc2)NC(=O)[C@H](Cc2ccc(Cl)cc2Cl)NC(=O)[C@@H](CCc2ccccc2)N1. The summed E-state index contributed by atoms with van der Waals surface area (Å²) in [6, 6.07) is 25.1. The van der Waals surface area contributed by atoms with Gasteiger partial charge < -0.3 is 31.1 Å². The summed E-state index contributed by atoms with van der Waals surface area (Å²) in [7, 11) is 0. The van der Waals surface area contributed by atoms with Crippen molar-refractivity contribution in [2.24, 2.45) is 0 Å². The van der Waals surface area contributed by atoms with Gasteiger partial charge in [0.1, 0.15) is 29.9 Å². The number of fused-ring (bicyclic) bond motifs is 16. The number of nitrogens with one attached hydrogen (secondary N) is 4. The number of ether oxygens (including phenoxy) is 1. The lowest BCUT2D eigenvalue weighted by Gasteiger charge is -2.26. The first kappa shape index (κ1) is 38.8. The van der Waals surface area contributed by atoms with Gasteiger partial charge in [-0.25, -0.2) is 4.79 Å². The Labute approximate surface area is 317 Å². The molecule has 2 aliphatic rings. The number of amides is 4. The van der Waals surface area contributed by atoms with Gasteiger partial charge in [0.15, 0.2) is 6.61 Å². The molecule has 4 atom stereocenters. The normalized spacial score (nSPS) is 20.0. The molecule has 0 aliphatic carbocycles. The van der Waals surface area contributed by atoms with Crippen LogP contribution in [0.4, 0.5) is 0 Å². The molecule has 13 heteroatoms. The number of aryl methyl sites for hydroxylation is 2. The molecule has 4 amide bonds. The minimum atomic E-state index is -1.33. The first-order valence-electron chi connectivity index (χ1n) is 17.2. The van der Waals surface area contributed by atoms with Gasteiger partial charge in [-0.2, -0.15) is 0 Å². The highest BCUT2D eigenvalue weighted by Crippen LogP contribution is 2.23. The maximum Gasteiger partial charge on any atom is 0.326 e. The average molecular weight is 760 g/mol. The zero-order valence-electron chi connectivity index (χ0n) is 28.7. The molecular formula is C40H40Cl2N4O7. The molecule has 0 saturated heterocycles. The monoisotopic (exact) mass is 758 g/mol. The van der Waals surface area contributed by atoms with Crippen molar-refractivity contribution >= 4 is 52.8 Å². The molecule has 0 spiro atoms. The summed E-state index contributed by atoms with van der Waals surface area (Å²) >= 11 is 12.6. The zero-order chi connectivity index (χ0) is 37.7. The van der Waals surface area contributed by atoms with Crippen LogP contribution < -0.4 is 26.0 Å². The van der Waals surface area contributed by atoms with Crippen LogP contribution >= 0.6 is 23.2 Å². The van der Waals surface area contributed by atoms with E-state index >= 15 is 0 Å². The third kappa shape index (κ3) is 11.8. The van der Waals surface area contributed by atoms with Crippen molar-refractivity contribution in [3.63, 3.8) is 0 Å². The first-order chi connectivity index (χ1) is 25.5. The second-order valence-electron chi connectivity index (χ2n) is 12.8. The molecule has 0 unspecified atom stereocenters. The van der Waals surface area contributed by atoms with Crippen LogP contribution in [-0.4, -0.2) is 65.5 Å². The fraction of sp³-hybridized carbons (Fsp3) is 0.275. The number of hydrogen-bond donors (Lipinski definition) is 5. The minimum Gasteiger partial charge on any atom is -0.484 e. The number of carbonyl (C=O) groups excluding carboxylic acids is 4. The second-order valence-corrected chi connectivity index (χ2v) is 13.6. The fourth-order valence-electron chi connectivity index (χ4n) is 5.92. The summed E-state index contributed by atoms with van der Waals surface area (Å²) in [6.45, 7) is -0.407. The van der Waals surface area contributed by atoms with Gasteiger partial charge in [-0.15, -0.1) is 0 Å². The second kappa shape index (κ2) is 18.9. The lowest BCUT2D eigenvalue weighted by atomic mass is 10.0. The Morgan fingerprint density at radius 3 is 1.81 bits per heavy atom. The van der Waals surface area contributed by atoms with Crippen molar-refractivity contribution in [2.75, 3.05) is 6.61 Å². The van der Waals surface area contributed by atoms with Gasteiger partial charge in [-0.05, 0) is 72.2 Å². The molecule has 0 aromatic heterocycles. The molecule has 0 fully saturated rings. The van der Waals surface area contributed by atoms with Crippen LogP contribution in [0.25, 0.3) is 0 Å². The van der Waals surface area contributed by atoms with Crippen LogP contribution in [0.5, 0.6) is 5.75 Å². The maximum absolute atomic E-state index is 14.2. The van der Waals surface area contributed by atoms with Gasteiger partial charge in [0.25, 0.3) is 5.91 Å². The standard InChI is InChI=1S/C40H40Cl2N4O7/c41-29-16-15-28(31(42)23-29)22-34-39(50)44-33(20-14-26-9-5-2-6-10-26)38(49)46-35(40(51)52)21-27-11-17-30(18-12-27)53-24-36(47)43-32(37(48)45-34)19-13-25-7-3-1-4-8-25/h1-12,15-18,23,32-35H,13-14,19-22,24H2,(H,43,47)(H,44,50)(H,45,48)(H,46,49)(H,51,52)/t32-,33-,34+,35+/m1/s1. The molecular weight excluding hydrogens is 719 g/mol. The Bertz CT molecular complexity index is 1890. The van der Waals surface area contributed by atoms with E-state index in [-0.39, 0.29) is 30.7 Å². The number of carboxylic acids is 1. The molecule has 4 aromatic rings. The Hall–Kier alpha value is -5.39. The highest BCUT2D eigenvalue weighted by molar-refractivity contribution is 6.35. The van der Waals surface area contributed by atoms with Gasteiger partial charge in [0.05, 0.1) is 0 Å². The van der Waals surface area contributed by atoms with E-state index in [9.17, 15) is 29.1 Å². The number of benzene rings is 4. The number of aliphatic carboxylic acids is 1. The lowest BCUT2D eigenvalue weighted by Crippen LogP contribution is -2.58. The summed E-state index contributed by atoms with van der Waals surface area (Å²) in [5, 5.41) is 21.6. The Kier molecular flexibility index (Phi) is 13.9. The predicted molar refractivity (Wildman–Crippen MR) is 201 cm³/mol. The largest absolute Gasteiger partial charge is 0.484 e. The Balaban J connectivity index is 1.49. The molecule has 0 radical (unpaired) electrons. The summed E-state index contributed by atoms with van der Waals surface area (Å²) in [4.78, 5) is 67.6. The van der Waals surface area contributed by atoms with Crippen molar-refractivity contribution in [3.8, 4) is 5.75 Å². The summed E-state index contributed by atoms with van der Waals surface area (Å²) in [5.74, 6) is -3.55. The molecule has 2 heterocycles. The summed E-state index contributed by atoms with van der Waals surface area (Å²) in [5.41, 5.74) is 2.93. The molecule has 53 heavy (non-hydrogen) atoms. The van der Waals surface area contributed by atoms with E-state index in [4.69, 9.17) is 27.9 Å². The van der Waals surface area contributed by atoms with Gasteiger partial charge in [0, 0.05) is 22.9 Å².